The van der Waals surface area contributed by atoms with E-state index in [-0.39, 0.29) is 24.3 Å². The Hall–Kier alpha value is -2.64. The molecule has 1 aliphatic heterocycles. The molecule has 3 amide bonds. The number of benzene rings is 2. The van der Waals surface area contributed by atoms with Crippen molar-refractivity contribution in [3.8, 4) is 0 Å². The van der Waals surface area contributed by atoms with Gasteiger partial charge in [0.2, 0.25) is 5.91 Å². The maximum atomic E-state index is 12.9. The van der Waals surface area contributed by atoms with Crippen molar-refractivity contribution in [2.75, 3.05) is 43.4 Å². The van der Waals surface area contributed by atoms with Crippen molar-refractivity contribution in [2.24, 2.45) is 0 Å². The Labute approximate surface area is 161 Å². The van der Waals surface area contributed by atoms with Crippen molar-refractivity contribution in [1.82, 2.24) is 9.80 Å². The number of hydrogen-bond donors (Lipinski definition) is 2. The lowest BCUT2D eigenvalue weighted by atomic mass is 10.3. The Morgan fingerprint density at radius 1 is 0.889 bits per heavy atom. The van der Waals surface area contributed by atoms with E-state index in [9.17, 15) is 14.0 Å². The SMILES string of the molecule is O=C(CN1CCN(C(=O)Nc2ccc(Cl)cc2)CC1)Nc1ccc(F)cc1. The van der Waals surface area contributed by atoms with Crippen molar-refractivity contribution in [3.63, 3.8) is 0 Å². The van der Waals surface area contributed by atoms with Crippen molar-refractivity contribution in [1.29, 1.82) is 0 Å². The first-order valence-electron chi connectivity index (χ1n) is 8.59. The van der Waals surface area contributed by atoms with Gasteiger partial charge in [-0.3, -0.25) is 9.69 Å². The van der Waals surface area contributed by atoms with Crippen LogP contribution in [0.2, 0.25) is 5.02 Å². The highest BCUT2D eigenvalue weighted by Crippen LogP contribution is 2.14. The zero-order valence-electron chi connectivity index (χ0n) is 14.6. The molecule has 0 atom stereocenters. The smallest absolute Gasteiger partial charge is 0.321 e. The summed E-state index contributed by atoms with van der Waals surface area (Å²) in [7, 11) is 0. The summed E-state index contributed by atoms with van der Waals surface area (Å²) in [6.07, 6.45) is 0. The van der Waals surface area contributed by atoms with Gasteiger partial charge in [-0.2, -0.15) is 0 Å². The van der Waals surface area contributed by atoms with E-state index in [2.05, 4.69) is 10.6 Å². The van der Waals surface area contributed by atoms with Gasteiger partial charge in [-0.15, -0.1) is 0 Å². The molecule has 8 heteroatoms. The number of anilines is 2. The van der Waals surface area contributed by atoms with Gasteiger partial charge in [-0.1, -0.05) is 11.6 Å². The van der Waals surface area contributed by atoms with Crippen LogP contribution in [0.15, 0.2) is 48.5 Å². The number of halogens is 2. The Morgan fingerprint density at radius 3 is 2.07 bits per heavy atom. The lowest BCUT2D eigenvalue weighted by Crippen LogP contribution is -2.51. The third-order valence-corrected chi connectivity index (χ3v) is 4.50. The summed E-state index contributed by atoms with van der Waals surface area (Å²) in [6, 6.07) is 12.4. The monoisotopic (exact) mass is 390 g/mol. The summed E-state index contributed by atoms with van der Waals surface area (Å²) in [5.74, 6) is -0.512. The maximum Gasteiger partial charge on any atom is 0.321 e. The van der Waals surface area contributed by atoms with Gasteiger partial charge in [0, 0.05) is 42.6 Å². The number of piperazine rings is 1. The molecule has 0 unspecified atom stereocenters. The predicted octanol–water partition coefficient (Wildman–Crippen LogP) is 3.27. The molecule has 0 radical (unpaired) electrons. The van der Waals surface area contributed by atoms with Crippen LogP contribution < -0.4 is 10.6 Å². The van der Waals surface area contributed by atoms with Crippen LogP contribution in [0.5, 0.6) is 0 Å². The summed E-state index contributed by atoms with van der Waals surface area (Å²) in [6.45, 7) is 2.49. The summed E-state index contributed by atoms with van der Waals surface area (Å²) < 4.78 is 12.9. The fraction of sp³-hybridized carbons (Fsp3) is 0.263. The highest BCUT2D eigenvalue weighted by atomic mass is 35.5. The lowest BCUT2D eigenvalue weighted by Gasteiger charge is -2.34. The first kappa shape index (κ1) is 19.1. The van der Waals surface area contributed by atoms with Crippen LogP contribution in [-0.4, -0.2) is 54.5 Å². The molecule has 1 fully saturated rings. The van der Waals surface area contributed by atoms with Gasteiger partial charge in [0.05, 0.1) is 6.54 Å². The first-order chi connectivity index (χ1) is 13.0. The molecule has 0 saturated carbocycles. The predicted molar refractivity (Wildman–Crippen MR) is 104 cm³/mol. The number of rotatable bonds is 4. The third kappa shape index (κ3) is 5.67. The molecule has 1 aliphatic rings. The summed E-state index contributed by atoms with van der Waals surface area (Å²) in [5.41, 5.74) is 1.24. The number of carbonyl (C=O) groups is 2. The highest BCUT2D eigenvalue weighted by Gasteiger charge is 2.22. The van der Waals surface area contributed by atoms with Gasteiger partial charge in [-0.05, 0) is 48.5 Å². The zero-order chi connectivity index (χ0) is 19.2. The van der Waals surface area contributed by atoms with E-state index in [1.54, 1.807) is 29.2 Å². The second-order valence-corrected chi connectivity index (χ2v) is 6.69. The van der Waals surface area contributed by atoms with E-state index in [0.29, 0.717) is 42.6 Å². The molecule has 1 saturated heterocycles. The summed E-state index contributed by atoms with van der Waals surface area (Å²) in [4.78, 5) is 28.1. The second kappa shape index (κ2) is 8.83. The number of urea groups is 1. The first-order valence-corrected chi connectivity index (χ1v) is 8.97. The topological polar surface area (TPSA) is 64.7 Å². The molecule has 0 bridgehead atoms. The molecule has 1 heterocycles. The van der Waals surface area contributed by atoms with Gasteiger partial charge < -0.3 is 15.5 Å². The normalized spacial score (nSPS) is 14.7. The van der Waals surface area contributed by atoms with Crippen LogP contribution in [-0.2, 0) is 4.79 Å². The lowest BCUT2D eigenvalue weighted by molar-refractivity contribution is -0.117. The molecule has 2 aromatic rings. The van der Waals surface area contributed by atoms with E-state index in [1.807, 2.05) is 4.90 Å². The van der Waals surface area contributed by atoms with Crippen LogP contribution in [0.1, 0.15) is 0 Å². The quantitative estimate of drug-likeness (QED) is 0.842. The number of nitrogens with zero attached hydrogens (tertiary/aromatic N) is 2. The Kier molecular flexibility index (Phi) is 6.26. The van der Waals surface area contributed by atoms with E-state index >= 15 is 0 Å². The number of hydrogen-bond acceptors (Lipinski definition) is 3. The van der Waals surface area contributed by atoms with Crippen LogP contribution in [0.3, 0.4) is 0 Å². The minimum absolute atomic E-state index is 0.166. The average Bonchev–Trinajstić information content (AvgIpc) is 2.66. The van der Waals surface area contributed by atoms with E-state index < -0.39 is 0 Å². The Bertz CT molecular complexity index is 790. The molecule has 3 rings (SSSR count). The van der Waals surface area contributed by atoms with E-state index in [1.165, 1.54) is 24.3 Å². The molecular weight excluding hydrogens is 371 g/mol. The molecule has 6 nitrogen and oxygen atoms in total. The van der Waals surface area contributed by atoms with Crippen molar-refractivity contribution < 1.29 is 14.0 Å². The van der Waals surface area contributed by atoms with Gasteiger partial charge in [0.25, 0.3) is 0 Å². The summed E-state index contributed by atoms with van der Waals surface area (Å²) in [5, 5.41) is 6.18. The van der Waals surface area contributed by atoms with Crippen molar-refractivity contribution in [2.45, 2.75) is 0 Å². The molecule has 2 N–H and O–H groups in total. The van der Waals surface area contributed by atoms with Gasteiger partial charge in [-0.25, -0.2) is 9.18 Å². The Balaban J connectivity index is 1.42. The van der Waals surface area contributed by atoms with Gasteiger partial charge in [0.15, 0.2) is 0 Å². The Morgan fingerprint density at radius 2 is 1.44 bits per heavy atom. The molecule has 2 aromatic carbocycles. The van der Waals surface area contributed by atoms with Crippen LogP contribution in [0, 0.1) is 5.82 Å². The van der Waals surface area contributed by atoms with Crippen LogP contribution >= 0.6 is 11.6 Å². The maximum absolute atomic E-state index is 12.9. The van der Waals surface area contributed by atoms with E-state index in [0.717, 1.165) is 0 Å². The molecule has 0 spiro atoms. The van der Waals surface area contributed by atoms with E-state index in [4.69, 9.17) is 11.6 Å². The standard InChI is InChI=1S/C19H20ClFN4O2/c20-14-1-5-17(6-2-14)23-19(27)25-11-9-24(10-12-25)13-18(26)22-16-7-3-15(21)4-8-16/h1-8H,9-13H2,(H,22,26)(H,23,27). The number of carbonyl (C=O) groups excluding carboxylic acids is 2. The highest BCUT2D eigenvalue weighted by molar-refractivity contribution is 6.30. The molecule has 0 aliphatic carbocycles. The van der Waals surface area contributed by atoms with Crippen LogP contribution in [0.4, 0.5) is 20.6 Å². The number of amides is 3. The molecule has 0 aromatic heterocycles. The van der Waals surface area contributed by atoms with Crippen molar-refractivity contribution >= 4 is 34.9 Å². The molecule has 27 heavy (non-hydrogen) atoms. The minimum Gasteiger partial charge on any atom is -0.325 e. The molecular formula is C19H20ClFN4O2. The average molecular weight is 391 g/mol. The second-order valence-electron chi connectivity index (χ2n) is 6.26. The summed E-state index contributed by atoms with van der Waals surface area (Å²) >= 11 is 5.83. The van der Waals surface area contributed by atoms with Gasteiger partial charge in [0.1, 0.15) is 5.82 Å². The minimum atomic E-state index is -0.346. The number of nitrogens with one attached hydrogen (secondary N) is 2. The largest absolute Gasteiger partial charge is 0.325 e. The molecule has 142 valence electrons. The van der Waals surface area contributed by atoms with Gasteiger partial charge >= 0.3 is 6.03 Å². The fourth-order valence-corrected chi connectivity index (χ4v) is 2.91. The van der Waals surface area contributed by atoms with Crippen molar-refractivity contribution in [3.05, 3.63) is 59.4 Å². The third-order valence-electron chi connectivity index (χ3n) is 4.25. The van der Waals surface area contributed by atoms with Crippen LogP contribution in [0.25, 0.3) is 0 Å². The zero-order valence-corrected chi connectivity index (χ0v) is 15.4. The fourth-order valence-electron chi connectivity index (χ4n) is 2.78.